The maximum Gasteiger partial charge on any atom is 0.123 e. The van der Waals surface area contributed by atoms with Crippen LogP contribution in [0.4, 0.5) is 4.39 Å². The molecule has 0 spiro atoms. The van der Waals surface area contributed by atoms with Gasteiger partial charge in [-0.25, -0.2) is 9.37 Å². The van der Waals surface area contributed by atoms with E-state index in [0.29, 0.717) is 25.4 Å². The van der Waals surface area contributed by atoms with Crippen LogP contribution in [-0.4, -0.2) is 40.2 Å². The fraction of sp³-hybridized carbons (Fsp3) is 0.400. The number of aromatic amines is 1. The van der Waals surface area contributed by atoms with Crippen molar-refractivity contribution in [2.75, 3.05) is 20.3 Å². The van der Waals surface area contributed by atoms with Crippen LogP contribution in [0.5, 0.6) is 5.75 Å². The minimum Gasteiger partial charge on any atom is -0.496 e. The molecule has 0 unspecified atom stereocenters. The number of rotatable bonds is 7. The summed E-state index contributed by atoms with van der Waals surface area (Å²) in [6.45, 7) is 3.51. The van der Waals surface area contributed by atoms with E-state index < -0.39 is 0 Å². The molecule has 2 N–H and O–H groups in total. The van der Waals surface area contributed by atoms with E-state index in [4.69, 9.17) is 4.74 Å². The molecule has 0 saturated carbocycles. The Morgan fingerprint density at radius 1 is 1.38 bits per heavy atom. The molecule has 2 aromatic rings. The lowest BCUT2D eigenvalue weighted by Crippen LogP contribution is -2.26. The second-order valence-electron chi connectivity index (χ2n) is 4.86. The lowest BCUT2D eigenvalue weighted by Gasteiger charge is -2.22. The third-order valence-corrected chi connectivity index (χ3v) is 3.36. The van der Waals surface area contributed by atoms with E-state index in [0.717, 1.165) is 17.0 Å². The number of ether oxygens (including phenoxy) is 1. The van der Waals surface area contributed by atoms with Gasteiger partial charge in [-0.2, -0.15) is 0 Å². The van der Waals surface area contributed by atoms with Crippen LogP contribution in [0.25, 0.3) is 0 Å². The van der Waals surface area contributed by atoms with Gasteiger partial charge in [-0.1, -0.05) is 0 Å². The highest BCUT2D eigenvalue weighted by molar-refractivity contribution is 5.33. The molecule has 1 aromatic heterocycles. The van der Waals surface area contributed by atoms with Crippen LogP contribution in [0.15, 0.2) is 24.5 Å². The molecular weight excluding hydrogens is 273 g/mol. The summed E-state index contributed by atoms with van der Waals surface area (Å²) < 4.78 is 18.7. The molecule has 6 heteroatoms. The quantitative estimate of drug-likeness (QED) is 0.818. The molecule has 1 heterocycles. The Kier molecular flexibility index (Phi) is 5.30. The lowest BCUT2D eigenvalue weighted by molar-refractivity contribution is 0.181. The van der Waals surface area contributed by atoms with Gasteiger partial charge < -0.3 is 14.8 Å². The molecule has 5 nitrogen and oxygen atoms in total. The third kappa shape index (κ3) is 4.03. The molecule has 0 saturated heterocycles. The lowest BCUT2D eigenvalue weighted by atomic mass is 10.1. The van der Waals surface area contributed by atoms with E-state index in [-0.39, 0.29) is 12.4 Å². The first-order valence-electron chi connectivity index (χ1n) is 6.78. The smallest absolute Gasteiger partial charge is 0.123 e. The van der Waals surface area contributed by atoms with E-state index in [9.17, 15) is 9.50 Å². The molecule has 0 aliphatic rings. The number of aliphatic hydroxyl groups excluding tert-OH is 1. The number of hydrogen-bond acceptors (Lipinski definition) is 4. The first-order chi connectivity index (χ1) is 10.1. The Bertz CT molecular complexity index is 586. The average molecular weight is 293 g/mol. The van der Waals surface area contributed by atoms with Gasteiger partial charge in [0.15, 0.2) is 0 Å². The number of hydrogen-bond donors (Lipinski definition) is 2. The van der Waals surface area contributed by atoms with Gasteiger partial charge in [-0.15, -0.1) is 0 Å². The molecule has 114 valence electrons. The monoisotopic (exact) mass is 293 g/mol. The van der Waals surface area contributed by atoms with Crippen LogP contribution < -0.4 is 4.74 Å². The first-order valence-corrected chi connectivity index (χ1v) is 6.78. The van der Waals surface area contributed by atoms with E-state index in [2.05, 4.69) is 9.97 Å². The first kappa shape index (κ1) is 15.5. The molecule has 0 aliphatic heterocycles. The molecule has 0 aliphatic carbocycles. The summed E-state index contributed by atoms with van der Waals surface area (Å²) in [5.74, 6) is 0.337. The zero-order valence-corrected chi connectivity index (χ0v) is 12.3. The van der Waals surface area contributed by atoms with Gasteiger partial charge in [0.1, 0.15) is 11.6 Å². The molecule has 0 bridgehead atoms. The number of aromatic nitrogens is 2. The Hall–Kier alpha value is -1.92. The predicted octanol–water partition coefficient (Wildman–Crippen LogP) is 1.86. The largest absolute Gasteiger partial charge is 0.496 e. The standard InChI is InChI=1S/C15H20FN3O2/c1-11-14(18-10-17-11)9-19(5-6-20)8-12-7-13(16)3-4-15(12)21-2/h3-4,7,10,20H,5-6,8-9H2,1-2H3,(H,17,18). The Morgan fingerprint density at radius 3 is 2.81 bits per heavy atom. The van der Waals surface area contributed by atoms with Crippen LogP contribution in [-0.2, 0) is 13.1 Å². The highest BCUT2D eigenvalue weighted by Crippen LogP contribution is 2.22. The zero-order chi connectivity index (χ0) is 15.2. The summed E-state index contributed by atoms with van der Waals surface area (Å²) in [5, 5.41) is 9.22. The van der Waals surface area contributed by atoms with Crippen molar-refractivity contribution in [1.29, 1.82) is 0 Å². The van der Waals surface area contributed by atoms with Crippen LogP contribution >= 0.6 is 0 Å². The van der Waals surface area contributed by atoms with Gasteiger partial charge >= 0.3 is 0 Å². The Labute approximate surface area is 123 Å². The Balaban J connectivity index is 2.16. The minimum atomic E-state index is -0.300. The van der Waals surface area contributed by atoms with Crippen LogP contribution in [0.1, 0.15) is 17.0 Å². The number of aryl methyl sites for hydroxylation is 1. The van der Waals surface area contributed by atoms with Crippen molar-refractivity contribution >= 4 is 0 Å². The molecule has 0 fully saturated rings. The fourth-order valence-electron chi connectivity index (χ4n) is 2.23. The number of benzene rings is 1. The van der Waals surface area contributed by atoms with Crippen molar-refractivity contribution in [3.05, 3.63) is 47.3 Å². The normalized spacial score (nSPS) is 11.1. The van der Waals surface area contributed by atoms with Gasteiger partial charge in [0.25, 0.3) is 0 Å². The molecule has 0 radical (unpaired) electrons. The highest BCUT2D eigenvalue weighted by atomic mass is 19.1. The van der Waals surface area contributed by atoms with Crippen LogP contribution in [0.3, 0.4) is 0 Å². The number of nitrogens with one attached hydrogen (secondary N) is 1. The molecule has 0 atom stereocenters. The summed E-state index contributed by atoms with van der Waals surface area (Å²) in [7, 11) is 1.56. The van der Waals surface area contributed by atoms with Gasteiger partial charge in [0.05, 0.1) is 25.7 Å². The zero-order valence-electron chi connectivity index (χ0n) is 12.3. The molecular formula is C15H20FN3O2. The number of imidazole rings is 1. The number of methoxy groups -OCH3 is 1. The van der Waals surface area contributed by atoms with Gasteiger partial charge in [0.2, 0.25) is 0 Å². The van der Waals surface area contributed by atoms with E-state index in [1.807, 2.05) is 11.8 Å². The van der Waals surface area contributed by atoms with Gasteiger partial charge in [0, 0.05) is 30.9 Å². The molecule has 2 rings (SSSR count). The van der Waals surface area contributed by atoms with Crippen molar-refractivity contribution in [1.82, 2.24) is 14.9 Å². The van der Waals surface area contributed by atoms with Crippen molar-refractivity contribution in [2.45, 2.75) is 20.0 Å². The van der Waals surface area contributed by atoms with Crippen LogP contribution in [0.2, 0.25) is 0 Å². The summed E-state index contributed by atoms with van der Waals surface area (Å²) in [5.41, 5.74) is 2.65. The summed E-state index contributed by atoms with van der Waals surface area (Å²) in [6.07, 6.45) is 1.64. The van der Waals surface area contributed by atoms with E-state index in [1.54, 1.807) is 19.5 Å². The maximum atomic E-state index is 13.4. The summed E-state index contributed by atoms with van der Waals surface area (Å²) in [4.78, 5) is 9.28. The molecule has 0 amide bonds. The van der Waals surface area contributed by atoms with Gasteiger partial charge in [-0.05, 0) is 25.1 Å². The van der Waals surface area contributed by atoms with Crippen molar-refractivity contribution in [2.24, 2.45) is 0 Å². The van der Waals surface area contributed by atoms with E-state index >= 15 is 0 Å². The summed E-state index contributed by atoms with van der Waals surface area (Å²) >= 11 is 0. The summed E-state index contributed by atoms with van der Waals surface area (Å²) in [6, 6.07) is 4.44. The van der Waals surface area contributed by atoms with Crippen molar-refractivity contribution in [3.63, 3.8) is 0 Å². The van der Waals surface area contributed by atoms with Crippen molar-refractivity contribution in [3.8, 4) is 5.75 Å². The topological polar surface area (TPSA) is 61.4 Å². The second kappa shape index (κ2) is 7.19. The number of H-pyrrole nitrogens is 1. The second-order valence-corrected chi connectivity index (χ2v) is 4.86. The van der Waals surface area contributed by atoms with Crippen molar-refractivity contribution < 1.29 is 14.2 Å². The number of halogens is 1. The van der Waals surface area contributed by atoms with Crippen LogP contribution in [0, 0.1) is 12.7 Å². The Morgan fingerprint density at radius 2 is 2.19 bits per heavy atom. The number of aliphatic hydroxyl groups is 1. The molecule has 21 heavy (non-hydrogen) atoms. The minimum absolute atomic E-state index is 0.0289. The van der Waals surface area contributed by atoms with Gasteiger partial charge in [-0.3, -0.25) is 4.90 Å². The third-order valence-electron chi connectivity index (χ3n) is 3.36. The predicted molar refractivity (Wildman–Crippen MR) is 77.5 cm³/mol. The average Bonchev–Trinajstić information content (AvgIpc) is 2.85. The number of nitrogens with zero attached hydrogens (tertiary/aromatic N) is 2. The fourth-order valence-corrected chi connectivity index (χ4v) is 2.23. The molecule has 1 aromatic carbocycles. The highest BCUT2D eigenvalue weighted by Gasteiger charge is 2.13. The van der Waals surface area contributed by atoms with E-state index in [1.165, 1.54) is 12.1 Å². The SMILES string of the molecule is COc1ccc(F)cc1CN(CCO)Cc1nc[nH]c1C. The maximum absolute atomic E-state index is 13.4.